The lowest BCUT2D eigenvalue weighted by atomic mass is 9.74. The fraction of sp³-hybridized carbons (Fsp3) is 0.333. The Hall–Kier alpha value is -2.08. The van der Waals surface area contributed by atoms with Crippen molar-refractivity contribution in [3.8, 4) is 0 Å². The van der Waals surface area contributed by atoms with Crippen LogP contribution in [0.5, 0.6) is 0 Å². The van der Waals surface area contributed by atoms with E-state index in [1.807, 2.05) is 12.1 Å². The van der Waals surface area contributed by atoms with E-state index in [0.29, 0.717) is 41.1 Å². The summed E-state index contributed by atoms with van der Waals surface area (Å²) in [4.78, 5) is 23.8. The van der Waals surface area contributed by atoms with E-state index in [4.69, 9.17) is 27.9 Å². The van der Waals surface area contributed by atoms with Crippen LogP contribution >= 0.6 is 23.2 Å². The highest BCUT2D eigenvalue weighted by Gasteiger charge is 2.36. The predicted octanol–water partition coefficient (Wildman–Crippen LogP) is 4.43. The number of ether oxygens (including phenoxy) is 1. The zero-order valence-electron chi connectivity index (χ0n) is 15.6. The highest BCUT2D eigenvalue weighted by Crippen LogP contribution is 2.39. The Balaban J connectivity index is 1.75. The summed E-state index contributed by atoms with van der Waals surface area (Å²) in [7, 11) is 0. The standard InChI is InChI=1S/C21H22Cl2N2O3/c1-14(26)25-17-5-2-15(3-6-17)20(27)24-13-21(8-10-28-11-9-21)18-7-4-16(22)12-19(18)23/h2-7,12H,8-11,13H2,1H3,(H,24,27)(H,25,26). The average molecular weight is 421 g/mol. The minimum Gasteiger partial charge on any atom is -0.381 e. The van der Waals surface area contributed by atoms with Crippen LogP contribution in [0.2, 0.25) is 10.0 Å². The van der Waals surface area contributed by atoms with Gasteiger partial charge in [0, 0.05) is 53.4 Å². The van der Waals surface area contributed by atoms with E-state index in [9.17, 15) is 9.59 Å². The van der Waals surface area contributed by atoms with Crippen LogP contribution in [0.3, 0.4) is 0 Å². The normalized spacial score (nSPS) is 15.7. The molecular weight excluding hydrogens is 399 g/mol. The summed E-state index contributed by atoms with van der Waals surface area (Å²) >= 11 is 12.5. The molecule has 1 heterocycles. The number of benzene rings is 2. The summed E-state index contributed by atoms with van der Waals surface area (Å²) < 4.78 is 5.53. The molecule has 0 spiro atoms. The monoisotopic (exact) mass is 420 g/mol. The van der Waals surface area contributed by atoms with Crippen LogP contribution in [0.4, 0.5) is 5.69 Å². The van der Waals surface area contributed by atoms with Gasteiger partial charge in [-0.3, -0.25) is 9.59 Å². The van der Waals surface area contributed by atoms with Crippen molar-refractivity contribution in [2.75, 3.05) is 25.1 Å². The van der Waals surface area contributed by atoms with Crippen LogP contribution in [0.1, 0.15) is 35.7 Å². The number of rotatable bonds is 5. The van der Waals surface area contributed by atoms with Gasteiger partial charge >= 0.3 is 0 Å². The van der Waals surface area contributed by atoms with Crippen LogP contribution < -0.4 is 10.6 Å². The van der Waals surface area contributed by atoms with Gasteiger partial charge < -0.3 is 15.4 Å². The van der Waals surface area contributed by atoms with E-state index < -0.39 is 0 Å². The summed E-state index contributed by atoms with van der Waals surface area (Å²) in [6.45, 7) is 3.11. The second kappa shape index (κ2) is 8.95. The first-order chi connectivity index (χ1) is 13.4. The molecule has 1 fully saturated rings. The highest BCUT2D eigenvalue weighted by atomic mass is 35.5. The molecule has 0 atom stereocenters. The quantitative estimate of drug-likeness (QED) is 0.751. The largest absolute Gasteiger partial charge is 0.381 e. The number of anilines is 1. The first kappa shape index (κ1) is 20.6. The molecule has 2 aromatic rings. The summed E-state index contributed by atoms with van der Waals surface area (Å²) in [6, 6.07) is 12.3. The van der Waals surface area contributed by atoms with Crippen molar-refractivity contribution < 1.29 is 14.3 Å². The minimum atomic E-state index is -0.300. The van der Waals surface area contributed by atoms with Gasteiger partial charge in [0.25, 0.3) is 5.91 Å². The Morgan fingerprint density at radius 3 is 2.36 bits per heavy atom. The van der Waals surface area contributed by atoms with Gasteiger partial charge in [-0.05, 0) is 54.8 Å². The SMILES string of the molecule is CC(=O)Nc1ccc(C(=O)NCC2(c3ccc(Cl)cc3Cl)CCOCC2)cc1. The van der Waals surface area contributed by atoms with Crippen molar-refractivity contribution in [2.45, 2.75) is 25.2 Å². The summed E-state index contributed by atoms with van der Waals surface area (Å²) in [5.41, 5.74) is 1.85. The second-order valence-corrected chi connectivity index (χ2v) is 7.80. The molecular formula is C21H22Cl2N2O3. The van der Waals surface area contributed by atoms with E-state index in [-0.39, 0.29) is 17.2 Å². The number of carbonyl (C=O) groups is 2. The predicted molar refractivity (Wildman–Crippen MR) is 111 cm³/mol. The zero-order chi connectivity index (χ0) is 20.1. The topological polar surface area (TPSA) is 67.4 Å². The number of halogens is 2. The molecule has 2 aromatic carbocycles. The summed E-state index contributed by atoms with van der Waals surface area (Å²) in [5, 5.41) is 6.90. The highest BCUT2D eigenvalue weighted by molar-refractivity contribution is 6.35. The second-order valence-electron chi connectivity index (χ2n) is 6.96. The molecule has 28 heavy (non-hydrogen) atoms. The van der Waals surface area contributed by atoms with Crippen molar-refractivity contribution >= 4 is 40.7 Å². The van der Waals surface area contributed by atoms with Crippen molar-refractivity contribution in [1.82, 2.24) is 5.32 Å². The maximum Gasteiger partial charge on any atom is 0.251 e. The Morgan fingerprint density at radius 2 is 1.75 bits per heavy atom. The molecule has 5 nitrogen and oxygen atoms in total. The van der Waals surface area contributed by atoms with Gasteiger partial charge in [0.1, 0.15) is 0 Å². The molecule has 2 amide bonds. The van der Waals surface area contributed by atoms with Crippen LogP contribution in [-0.2, 0) is 14.9 Å². The smallest absolute Gasteiger partial charge is 0.251 e. The van der Waals surface area contributed by atoms with Crippen LogP contribution in [0, 0.1) is 0 Å². The molecule has 0 radical (unpaired) electrons. The Bertz CT molecular complexity index is 862. The van der Waals surface area contributed by atoms with E-state index in [0.717, 1.165) is 18.4 Å². The first-order valence-electron chi connectivity index (χ1n) is 9.09. The van der Waals surface area contributed by atoms with E-state index in [1.165, 1.54) is 6.92 Å². The molecule has 1 aliphatic heterocycles. The fourth-order valence-corrected chi connectivity index (χ4v) is 4.09. The molecule has 0 aromatic heterocycles. The molecule has 0 bridgehead atoms. The summed E-state index contributed by atoms with van der Waals surface area (Å²) in [5.74, 6) is -0.330. The molecule has 0 unspecified atom stereocenters. The maximum absolute atomic E-state index is 12.6. The van der Waals surface area contributed by atoms with Crippen molar-refractivity contribution in [2.24, 2.45) is 0 Å². The first-order valence-corrected chi connectivity index (χ1v) is 9.84. The fourth-order valence-electron chi connectivity index (χ4n) is 3.48. The van der Waals surface area contributed by atoms with E-state index in [2.05, 4.69) is 10.6 Å². The van der Waals surface area contributed by atoms with E-state index >= 15 is 0 Å². The van der Waals surface area contributed by atoms with Gasteiger partial charge in [-0.1, -0.05) is 29.3 Å². The third-order valence-electron chi connectivity index (χ3n) is 5.01. The maximum atomic E-state index is 12.6. The number of nitrogens with one attached hydrogen (secondary N) is 2. The molecule has 148 valence electrons. The van der Waals surface area contributed by atoms with Gasteiger partial charge in [0.2, 0.25) is 5.91 Å². The van der Waals surface area contributed by atoms with E-state index in [1.54, 1.807) is 30.3 Å². The third kappa shape index (κ3) is 4.85. The van der Waals surface area contributed by atoms with Crippen molar-refractivity contribution in [3.63, 3.8) is 0 Å². The lowest BCUT2D eigenvalue weighted by Crippen LogP contribution is -2.44. The lowest BCUT2D eigenvalue weighted by Gasteiger charge is -2.38. The Labute approximate surface area is 174 Å². The van der Waals surface area contributed by atoms with Crippen LogP contribution in [0.15, 0.2) is 42.5 Å². The summed E-state index contributed by atoms with van der Waals surface area (Å²) in [6.07, 6.45) is 1.52. The minimum absolute atomic E-state index is 0.154. The molecule has 1 saturated heterocycles. The Kier molecular flexibility index (Phi) is 6.60. The van der Waals surface area contributed by atoms with Gasteiger partial charge in [0.15, 0.2) is 0 Å². The van der Waals surface area contributed by atoms with Crippen LogP contribution in [-0.4, -0.2) is 31.6 Å². The number of hydrogen-bond donors (Lipinski definition) is 2. The van der Waals surface area contributed by atoms with Gasteiger partial charge in [-0.25, -0.2) is 0 Å². The zero-order valence-corrected chi connectivity index (χ0v) is 17.1. The van der Waals surface area contributed by atoms with Crippen LogP contribution in [0.25, 0.3) is 0 Å². The number of carbonyl (C=O) groups excluding carboxylic acids is 2. The molecule has 2 N–H and O–H groups in total. The van der Waals surface area contributed by atoms with Crippen molar-refractivity contribution in [1.29, 1.82) is 0 Å². The number of amides is 2. The molecule has 3 rings (SSSR count). The third-order valence-corrected chi connectivity index (χ3v) is 5.55. The lowest BCUT2D eigenvalue weighted by molar-refractivity contribution is -0.114. The Morgan fingerprint density at radius 1 is 1.07 bits per heavy atom. The number of hydrogen-bond acceptors (Lipinski definition) is 3. The van der Waals surface area contributed by atoms with Gasteiger partial charge in [-0.2, -0.15) is 0 Å². The van der Waals surface area contributed by atoms with Gasteiger partial charge in [0.05, 0.1) is 0 Å². The molecule has 1 aliphatic rings. The van der Waals surface area contributed by atoms with Crippen molar-refractivity contribution in [3.05, 3.63) is 63.6 Å². The average Bonchev–Trinajstić information content (AvgIpc) is 2.67. The van der Waals surface area contributed by atoms with Gasteiger partial charge in [-0.15, -0.1) is 0 Å². The molecule has 7 heteroatoms. The molecule has 0 aliphatic carbocycles. The molecule has 0 saturated carbocycles.